The Balaban J connectivity index is 0. The number of likely N-dealkylation sites (N-methyl/N-ethyl adjacent to an activating group) is 1. The normalized spacial score (nSPS) is 13.3. The summed E-state index contributed by atoms with van der Waals surface area (Å²) in [6, 6.07) is 3.88. The third-order valence-electron chi connectivity index (χ3n) is 2.99. The zero-order chi connectivity index (χ0) is 13.7. The molecule has 0 aliphatic carbocycles. The maximum absolute atomic E-state index is 11.8. The van der Waals surface area contributed by atoms with Crippen LogP contribution in [0.1, 0.15) is 24.8 Å². The van der Waals surface area contributed by atoms with Crippen LogP contribution in [0.4, 0.5) is 0 Å². The van der Waals surface area contributed by atoms with Gasteiger partial charge in [-0.3, -0.25) is 4.79 Å². The summed E-state index contributed by atoms with van der Waals surface area (Å²) in [7, 11) is 4.03. The van der Waals surface area contributed by atoms with Crippen molar-refractivity contribution in [3.63, 3.8) is 0 Å². The van der Waals surface area contributed by atoms with Gasteiger partial charge >= 0.3 is 0 Å². The topological polar surface area (TPSA) is 58.4 Å². The molecular formula is C13H25Cl2N3OS. The van der Waals surface area contributed by atoms with Crippen molar-refractivity contribution in [2.24, 2.45) is 11.7 Å². The molecule has 0 bridgehead atoms. The predicted molar refractivity (Wildman–Crippen MR) is 91.1 cm³/mol. The van der Waals surface area contributed by atoms with E-state index >= 15 is 0 Å². The molecule has 20 heavy (non-hydrogen) atoms. The fourth-order valence-electron chi connectivity index (χ4n) is 1.64. The molecule has 2 atom stereocenters. The lowest BCUT2D eigenvalue weighted by atomic mass is 10.0. The fraction of sp³-hybridized carbons (Fsp3) is 0.615. The van der Waals surface area contributed by atoms with Crippen molar-refractivity contribution in [3.05, 3.63) is 22.4 Å². The standard InChI is InChI=1S/C13H23N3OS.2ClH/c1-9(2)12(14)13(17)15-8-10(16(3)4)11-6-5-7-18-11;;/h5-7,9-10,12H,8,14H2,1-4H3,(H,15,17);2*1H. The number of hydrogen-bond acceptors (Lipinski definition) is 4. The van der Waals surface area contributed by atoms with E-state index in [0.29, 0.717) is 6.54 Å². The molecule has 1 aromatic rings. The monoisotopic (exact) mass is 341 g/mol. The number of thiophene rings is 1. The van der Waals surface area contributed by atoms with Gasteiger partial charge in [0.15, 0.2) is 0 Å². The molecular weight excluding hydrogens is 317 g/mol. The minimum absolute atomic E-state index is 0. The van der Waals surface area contributed by atoms with Crippen LogP contribution >= 0.6 is 36.2 Å². The van der Waals surface area contributed by atoms with Gasteiger partial charge in [-0.2, -0.15) is 0 Å². The summed E-state index contributed by atoms with van der Waals surface area (Å²) in [5, 5.41) is 4.98. The van der Waals surface area contributed by atoms with Crippen molar-refractivity contribution >= 4 is 42.1 Å². The number of nitrogens with zero attached hydrogens (tertiary/aromatic N) is 1. The molecule has 1 heterocycles. The SMILES string of the molecule is CC(C)C(N)C(=O)NCC(c1cccs1)N(C)C.Cl.Cl. The van der Waals surface area contributed by atoms with E-state index < -0.39 is 6.04 Å². The van der Waals surface area contributed by atoms with Crippen LogP contribution in [0.3, 0.4) is 0 Å². The maximum Gasteiger partial charge on any atom is 0.237 e. The first-order valence-corrected chi connectivity index (χ1v) is 7.04. The van der Waals surface area contributed by atoms with Gasteiger partial charge in [0.2, 0.25) is 5.91 Å². The van der Waals surface area contributed by atoms with Gasteiger partial charge in [0.05, 0.1) is 12.1 Å². The van der Waals surface area contributed by atoms with Gasteiger partial charge < -0.3 is 16.0 Å². The lowest BCUT2D eigenvalue weighted by Gasteiger charge is -2.25. The highest BCUT2D eigenvalue weighted by molar-refractivity contribution is 7.10. The van der Waals surface area contributed by atoms with Crippen LogP contribution in [0.5, 0.6) is 0 Å². The molecule has 0 aromatic carbocycles. The van der Waals surface area contributed by atoms with E-state index in [1.165, 1.54) is 4.88 Å². The number of hydrogen-bond donors (Lipinski definition) is 2. The van der Waals surface area contributed by atoms with Gasteiger partial charge in [0, 0.05) is 11.4 Å². The van der Waals surface area contributed by atoms with Gasteiger partial charge in [-0.15, -0.1) is 36.2 Å². The van der Waals surface area contributed by atoms with Gasteiger partial charge in [-0.1, -0.05) is 19.9 Å². The molecule has 0 saturated carbocycles. The molecule has 0 aliphatic rings. The van der Waals surface area contributed by atoms with Crippen LogP contribution in [0.15, 0.2) is 17.5 Å². The van der Waals surface area contributed by atoms with E-state index in [1.54, 1.807) is 11.3 Å². The molecule has 7 heteroatoms. The second-order valence-corrected chi connectivity index (χ2v) is 5.99. The Hall–Kier alpha value is -0.330. The van der Waals surface area contributed by atoms with Crippen LogP contribution in [0.2, 0.25) is 0 Å². The minimum Gasteiger partial charge on any atom is -0.353 e. The number of nitrogens with two attached hydrogens (primary N) is 1. The average molecular weight is 342 g/mol. The second kappa shape index (κ2) is 10.4. The Morgan fingerprint density at radius 3 is 2.40 bits per heavy atom. The third kappa shape index (κ3) is 6.41. The minimum atomic E-state index is -0.434. The summed E-state index contributed by atoms with van der Waals surface area (Å²) in [5.74, 6) is 0.0814. The van der Waals surface area contributed by atoms with Crippen molar-refractivity contribution in [1.82, 2.24) is 10.2 Å². The first-order chi connectivity index (χ1) is 8.43. The van der Waals surface area contributed by atoms with Crippen molar-refractivity contribution in [2.75, 3.05) is 20.6 Å². The Morgan fingerprint density at radius 2 is 2.00 bits per heavy atom. The summed E-state index contributed by atoms with van der Waals surface area (Å²) in [6.07, 6.45) is 0. The van der Waals surface area contributed by atoms with E-state index in [4.69, 9.17) is 5.73 Å². The van der Waals surface area contributed by atoms with Crippen molar-refractivity contribution < 1.29 is 4.79 Å². The van der Waals surface area contributed by atoms with Crippen molar-refractivity contribution in [2.45, 2.75) is 25.9 Å². The second-order valence-electron chi connectivity index (χ2n) is 5.01. The molecule has 1 amide bonds. The molecule has 0 spiro atoms. The summed E-state index contributed by atoms with van der Waals surface area (Å²) < 4.78 is 0. The van der Waals surface area contributed by atoms with Crippen molar-refractivity contribution in [3.8, 4) is 0 Å². The molecule has 1 aromatic heterocycles. The molecule has 2 unspecified atom stereocenters. The molecule has 3 N–H and O–H groups in total. The summed E-state index contributed by atoms with van der Waals surface area (Å²) in [5.41, 5.74) is 5.82. The summed E-state index contributed by atoms with van der Waals surface area (Å²) >= 11 is 1.70. The number of carbonyl (C=O) groups is 1. The van der Waals surface area contributed by atoms with E-state index in [-0.39, 0.29) is 42.7 Å². The van der Waals surface area contributed by atoms with Crippen LogP contribution in [-0.2, 0) is 4.79 Å². The van der Waals surface area contributed by atoms with Gasteiger partial charge in [0.1, 0.15) is 0 Å². The number of amides is 1. The van der Waals surface area contributed by atoms with Crippen LogP contribution in [0.25, 0.3) is 0 Å². The van der Waals surface area contributed by atoms with Crippen molar-refractivity contribution in [1.29, 1.82) is 0 Å². The van der Waals surface area contributed by atoms with Crippen LogP contribution in [0, 0.1) is 5.92 Å². The number of rotatable bonds is 6. The zero-order valence-corrected chi connectivity index (χ0v) is 14.8. The Bertz CT molecular complexity index is 372. The first kappa shape index (κ1) is 22.0. The average Bonchev–Trinajstić information content (AvgIpc) is 2.81. The number of nitrogens with one attached hydrogen (secondary N) is 1. The van der Waals surface area contributed by atoms with E-state index in [0.717, 1.165) is 0 Å². The van der Waals surface area contributed by atoms with E-state index in [2.05, 4.69) is 16.3 Å². The summed E-state index contributed by atoms with van der Waals surface area (Å²) in [6.45, 7) is 4.49. The Labute approximate surface area is 137 Å². The predicted octanol–water partition coefficient (Wildman–Crippen LogP) is 2.29. The lowest BCUT2D eigenvalue weighted by Crippen LogP contribution is -2.46. The molecule has 118 valence electrons. The van der Waals surface area contributed by atoms with Crippen LogP contribution < -0.4 is 11.1 Å². The van der Waals surface area contributed by atoms with E-state index in [9.17, 15) is 4.79 Å². The molecule has 4 nitrogen and oxygen atoms in total. The highest BCUT2D eigenvalue weighted by Crippen LogP contribution is 2.22. The van der Waals surface area contributed by atoms with Gasteiger partial charge in [-0.05, 0) is 31.5 Å². The quantitative estimate of drug-likeness (QED) is 0.834. The highest BCUT2D eigenvalue weighted by atomic mass is 35.5. The Kier molecular flexibility index (Phi) is 11.4. The number of halogens is 2. The lowest BCUT2D eigenvalue weighted by molar-refractivity contribution is -0.123. The Morgan fingerprint density at radius 1 is 1.40 bits per heavy atom. The first-order valence-electron chi connectivity index (χ1n) is 6.16. The van der Waals surface area contributed by atoms with Gasteiger partial charge in [0.25, 0.3) is 0 Å². The maximum atomic E-state index is 11.8. The van der Waals surface area contributed by atoms with E-state index in [1.807, 2.05) is 39.4 Å². The number of carbonyl (C=O) groups excluding carboxylic acids is 1. The smallest absolute Gasteiger partial charge is 0.237 e. The highest BCUT2D eigenvalue weighted by Gasteiger charge is 2.20. The molecule has 0 fully saturated rings. The zero-order valence-electron chi connectivity index (χ0n) is 12.3. The molecule has 0 saturated heterocycles. The molecule has 1 rings (SSSR count). The van der Waals surface area contributed by atoms with Crippen LogP contribution in [-0.4, -0.2) is 37.5 Å². The largest absolute Gasteiger partial charge is 0.353 e. The van der Waals surface area contributed by atoms with Gasteiger partial charge in [-0.25, -0.2) is 0 Å². The molecule has 0 aliphatic heterocycles. The third-order valence-corrected chi connectivity index (χ3v) is 3.96. The fourth-order valence-corrected chi connectivity index (χ4v) is 2.56. The molecule has 0 radical (unpaired) electrons. The summed E-state index contributed by atoms with van der Waals surface area (Å²) in [4.78, 5) is 15.2.